The van der Waals surface area contributed by atoms with Crippen molar-refractivity contribution >= 4 is 11.5 Å². The molecule has 1 aromatic rings. The van der Waals surface area contributed by atoms with Gasteiger partial charge in [-0.2, -0.15) is 0 Å². The summed E-state index contributed by atoms with van der Waals surface area (Å²) in [7, 11) is 0. The molecule has 0 radical (unpaired) electrons. The number of anilines is 1. The van der Waals surface area contributed by atoms with Crippen LogP contribution in [0.15, 0.2) is 24.3 Å². The fourth-order valence-electron chi connectivity index (χ4n) is 2.12. The third-order valence-corrected chi connectivity index (χ3v) is 3.00. The zero-order valence-electron chi connectivity index (χ0n) is 10.9. The summed E-state index contributed by atoms with van der Waals surface area (Å²) in [5, 5.41) is 0. The van der Waals surface area contributed by atoms with Crippen LogP contribution < -0.4 is 5.73 Å². The Morgan fingerprint density at radius 1 is 1.41 bits per heavy atom. The van der Waals surface area contributed by atoms with E-state index in [1.54, 1.807) is 0 Å². The Morgan fingerprint density at radius 2 is 2.18 bits per heavy atom. The number of aryl methyl sites for hydroxylation is 1. The topological polar surface area (TPSA) is 43.1 Å². The Kier molecular flexibility index (Phi) is 5.75. The van der Waals surface area contributed by atoms with Gasteiger partial charge in [0.05, 0.1) is 0 Å². The molecule has 0 saturated carbocycles. The molecule has 17 heavy (non-hydrogen) atoms. The van der Waals surface area contributed by atoms with Gasteiger partial charge in [0.1, 0.15) is 5.78 Å². The van der Waals surface area contributed by atoms with Crippen LogP contribution in [-0.2, 0) is 11.2 Å². The second-order valence-corrected chi connectivity index (χ2v) is 4.88. The number of hydrogen-bond acceptors (Lipinski definition) is 2. The first-order valence-corrected chi connectivity index (χ1v) is 6.48. The van der Waals surface area contributed by atoms with Crippen molar-refractivity contribution in [2.75, 3.05) is 5.73 Å². The monoisotopic (exact) mass is 233 g/mol. The highest BCUT2D eigenvalue weighted by Crippen LogP contribution is 2.14. The van der Waals surface area contributed by atoms with Crippen LogP contribution in [0.4, 0.5) is 5.69 Å². The van der Waals surface area contributed by atoms with Crippen LogP contribution >= 0.6 is 0 Å². The molecule has 0 bridgehead atoms. The molecule has 0 fully saturated rings. The van der Waals surface area contributed by atoms with Crippen molar-refractivity contribution in [1.82, 2.24) is 0 Å². The molecule has 0 amide bonds. The quantitative estimate of drug-likeness (QED) is 0.731. The van der Waals surface area contributed by atoms with E-state index >= 15 is 0 Å². The molecular weight excluding hydrogens is 210 g/mol. The first-order chi connectivity index (χ1) is 8.11. The molecule has 0 spiro atoms. The Hall–Kier alpha value is -1.31. The Balaban J connectivity index is 2.33. The maximum absolute atomic E-state index is 11.8. The number of benzene rings is 1. The highest BCUT2D eigenvalue weighted by Gasteiger charge is 2.08. The Morgan fingerprint density at radius 3 is 2.82 bits per heavy atom. The molecule has 1 aromatic carbocycles. The van der Waals surface area contributed by atoms with Gasteiger partial charge in [0.25, 0.3) is 0 Å². The number of carbonyl (C=O) groups excluding carboxylic acids is 1. The average molecular weight is 233 g/mol. The van der Waals surface area contributed by atoms with Crippen molar-refractivity contribution < 1.29 is 4.79 Å². The van der Waals surface area contributed by atoms with E-state index in [-0.39, 0.29) is 0 Å². The smallest absolute Gasteiger partial charge is 0.133 e. The van der Waals surface area contributed by atoms with Crippen LogP contribution in [0.25, 0.3) is 0 Å². The molecule has 1 unspecified atom stereocenters. The van der Waals surface area contributed by atoms with Crippen molar-refractivity contribution in [1.29, 1.82) is 0 Å². The van der Waals surface area contributed by atoms with Gasteiger partial charge in [-0.3, -0.25) is 4.79 Å². The number of rotatable bonds is 7. The third kappa shape index (κ3) is 5.53. The van der Waals surface area contributed by atoms with E-state index in [0.29, 0.717) is 18.1 Å². The molecular formula is C15H23NO. The zero-order valence-corrected chi connectivity index (χ0v) is 10.9. The highest BCUT2D eigenvalue weighted by atomic mass is 16.1. The number of Topliss-reactive ketones (excluding diaryl/α,β-unsaturated/α-hetero) is 1. The molecule has 2 N–H and O–H groups in total. The summed E-state index contributed by atoms with van der Waals surface area (Å²) in [6.07, 6.45) is 4.46. The third-order valence-electron chi connectivity index (χ3n) is 3.00. The average Bonchev–Trinajstić information content (AvgIpc) is 2.27. The van der Waals surface area contributed by atoms with Gasteiger partial charge in [0.2, 0.25) is 0 Å². The lowest BCUT2D eigenvalue weighted by Gasteiger charge is -2.08. The summed E-state index contributed by atoms with van der Waals surface area (Å²) >= 11 is 0. The lowest BCUT2D eigenvalue weighted by molar-refractivity contribution is -0.119. The summed E-state index contributed by atoms with van der Waals surface area (Å²) in [6.45, 7) is 4.32. The molecule has 1 rings (SSSR count). The van der Waals surface area contributed by atoms with Crippen LogP contribution in [-0.4, -0.2) is 5.78 Å². The second kappa shape index (κ2) is 7.10. The van der Waals surface area contributed by atoms with Crippen molar-refractivity contribution in [3.05, 3.63) is 29.8 Å². The first-order valence-electron chi connectivity index (χ1n) is 6.48. The molecule has 1 atom stereocenters. The van der Waals surface area contributed by atoms with E-state index in [1.807, 2.05) is 24.3 Å². The molecule has 94 valence electrons. The van der Waals surface area contributed by atoms with E-state index in [1.165, 1.54) is 0 Å². The largest absolute Gasteiger partial charge is 0.399 e. The Bertz CT molecular complexity index is 360. The molecule has 0 aliphatic heterocycles. The van der Waals surface area contributed by atoms with Crippen LogP contribution in [0, 0.1) is 5.92 Å². The molecule has 0 aliphatic carbocycles. The number of carbonyl (C=O) groups is 1. The lowest BCUT2D eigenvalue weighted by atomic mass is 9.96. The summed E-state index contributed by atoms with van der Waals surface area (Å²) < 4.78 is 0. The zero-order chi connectivity index (χ0) is 12.7. The standard InChI is InChI=1S/C15H23NO/c1-3-5-12(2)10-15(17)9-8-13-6-4-7-14(16)11-13/h4,6-7,11-12H,3,5,8-10,16H2,1-2H3. The van der Waals surface area contributed by atoms with Gasteiger partial charge >= 0.3 is 0 Å². The summed E-state index contributed by atoms with van der Waals surface area (Å²) in [6, 6.07) is 7.78. The van der Waals surface area contributed by atoms with Gasteiger partial charge < -0.3 is 5.73 Å². The van der Waals surface area contributed by atoms with Crippen molar-refractivity contribution in [2.24, 2.45) is 5.92 Å². The number of nitrogen functional groups attached to an aromatic ring is 1. The number of ketones is 1. The van der Waals surface area contributed by atoms with Gasteiger partial charge in [-0.1, -0.05) is 38.8 Å². The Labute approximate surface area is 104 Å². The number of nitrogens with two attached hydrogens (primary N) is 1. The summed E-state index contributed by atoms with van der Waals surface area (Å²) in [4.78, 5) is 11.8. The SMILES string of the molecule is CCCC(C)CC(=O)CCc1cccc(N)c1. The molecule has 0 heterocycles. The van der Waals surface area contributed by atoms with E-state index in [4.69, 9.17) is 5.73 Å². The summed E-state index contributed by atoms with van der Waals surface area (Å²) in [5.74, 6) is 0.890. The van der Waals surface area contributed by atoms with E-state index in [0.717, 1.165) is 36.9 Å². The van der Waals surface area contributed by atoms with Crippen LogP contribution in [0.3, 0.4) is 0 Å². The van der Waals surface area contributed by atoms with Crippen molar-refractivity contribution in [2.45, 2.75) is 46.0 Å². The minimum atomic E-state index is 0.369. The molecule has 2 heteroatoms. The first kappa shape index (κ1) is 13.8. The maximum atomic E-state index is 11.8. The van der Waals surface area contributed by atoms with Crippen LogP contribution in [0.2, 0.25) is 0 Å². The highest BCUT2D eigenvalue weighted by molar-refractivity contribution is 5.78. The molecule has 0 saturated heterocycles. The minimum Gasteiger partial charge on any atom is -0.399 e. The van der Waals surface area contributed by atoms with Crippen LogP contribution in [0.5, 0.6) is 0 Å². The molecule has 0 aromatic heterocycles. The van der Waals surface area contributed by atoms with Gasteiger partial charge in [-0.15, -0.1) is 0 Å². The molecule has 2 nitrogen and oxygen atoms in total. The minimum absolute atomic E-state index is 0.369. The predicted molar refractivity (Wildman–Crippen MR) is 72.9 cm³/mol. The van der Waals surface area contributed by atoms with Gasteiger partial charge in [-0.05, 0) is 30.0 Å². The lowest BCUT2D eigenvalue weighted by Crippen LogP contribution is -2.06. The second-order valence-electron chi connectivity index (χ2n) is 4.88. The van der Waals surface area contributed by atoms with E-state index in [2.05, 4.69) is 13.8 Å². The number of hydrogen-bond donors (Lipinski definition) is 1. The van der Waals surface area contributed by atoms with Crippen LogP contribution in [0.1, 0.15) is 45.1 Å². The summed E-state index contributed by atoms with van der Waals surface area (Å²) in [5.41, 5.74) is 7.63. The van der Waals surface area contributed by atoms with Gasteiger partial charge in [-0.25, -0.2) is 0 Å². The van der Waals surface area contributed by atoms with Gasteiger partial charge in [0.15, 0.2) is 0 Å². The maximum Gasteiger partial charge on any atom is 0.133 e. The predicted octanol–water partition coefficient (Wildman–Crippen LogP) is 3.60. The van der Waals surface area contributed by atoms with Crippen molar-refractivity contribution in [3.63, 3.8) is 0 Å². The fraction of sp³-hybridized carbons (Fsp3) is 0.533. The normalized spacial score (nSPS) is 12.4. The van der Waals surface area contributed by atoms with Gasteiger partial charge in [0, 0.05) is 18.5 Å². The van der Waals surface area contributed by atoms with E-state index < -0.39 is 0 Å². The van der Waals surface area contributed by atoms with Crippen molar-refractivity contribution in [3.8, 4) is 0 Å². The van der Waals surface area contributed by atoms with E-state index in [9.17, 15) is 4.79 Å². The fourth-order valence-corrected chi connectivity index (χ4v) is 2.12. The molecule has 0 aliphatic rings.